The Bertz CT molecular complexity index is 149. The van der Waals surface area contributed by atoms with Gasteiger partial charge in [0.1, 0.15) is 0 Å². The summed E-state index contributed by atoms with van der Waals surface area (Å²) < 4.78 is 0. The third kappa shape index (κ3) is 9.34. The van der Waals surface area contributed by atoms with Gasteiger partial charge in [0, 0.05) is 13.1 Å². The van der Waals surface area contributed by atoms with E-state index in [0.717, 1.165) is 19.5 Å². The molecule has 3 heteroatoms. The highest BCUT2D eigenvalue weighted by Gasteiger charge is 2.09. The Morgan fingerprint density at radius 1 is 1.31 bits per heavy atom. The van der Waals surface area contributed by atoms with Gasteiger partial charge in [-0.2, -0.15) is 0 Å². The molecule has 0 spiro atoms. The van der Waals surface area contributed by atoms with Crippen LogP contribution in [0.4, 0.5) is 0 Å². The van der Waals surface area contributed by atoms with Crippen molar-refractivity contribution in [3.8, 4) is 0 Å². The van der Waals surface area contributed by atoms with Crippen molar-refractivity contribution in [2.24, 2.45) is 5.41 Å². The second-order valence-electron chi connectivity index (χ2n) is 4.51. The number of nitrogens with one attached hydrogen (secondary N) is 2. The minimum Gasteiger partial charge on any atom is -0.355 e. The van der Waals surface area contributed by atoms with Gasteiger partial charge in [-0.3, -0.25) is 4.79 Å². The number of amides is 1. The minimum absolute atomic E-state index is 0.0890. The van der Waals surface area contributed by atoms with Crippen LogP contribution in [-0.2, 0) is 4.79 Å². The van der Waals surface area contributed by atoms with Gasteiger partial charge >= 0.3 is 0 Å². The molecule has 0 atom stereocenters. The molecule has 0 rings (SSSR count). The van der Waals surface area contributed by atoms with Crippen LogP contribution in [0.3, 0.4) is 0 Å². The molecule has 0 unspecified atom stereocenters. The molecule has 0 aliphatic heterocycles. The Morgan fingerprint density at radius 2 is 1.92 bits per heavy atom. The average molecular weight is 186 g/mol. The maximum atomic E-state index is 11.1. The van der Waals surface area contributed by atoms with E-state index in [1.54, 1.807) is 0 Å². The van der Waals surface area contributed by atoms with E-state index in [9.17, 15) is 4.79 Å². The van der Waals surface area contributed by atoms with E-state index in [4.69, 9.17) is 0 Å². The molecule has 2 N–H and O–H groups in total. The first kappa shape index (κ1) is 12.4. The lowest BCUT2D eigenvalue weighted by Crippen LogP contribution is -2.37. The first-order chi connectivity index (χ1) is 5.95. The van der Waals surface area contributed by atoms with Crippen LogP contribution in [-0.4, -0.2) is 25.5 Å². The zero-order valence-electron chi connectivity index (χ0n) is 9.24. The number of carbonyl (C=O) groups excluding carboxylic acids is 1. The van der Waals surface area contributed by atoms with E-state index in [-0.39, 0.29) is 11.3 Å². The Morgan fingerprint density at radius 3 is 2.38 bits per heavy atom. The van der Waals surface area contributed by atoms with Crippen LogP contribution in [0.5, 0.6) is 0 Å². The fraction of sp³-hybridized carbons (Fsp3) is 0.900. The summed E-state index contributed by atoms with van der Waals surface area (Å²) in [7, 11) is 0. The van der Waals surface area contributed by atoms with Crippen LogP contribution < -0.4 is 10.6 Å². The third-order valence-electron chi connectivity index (χ3n) is 1.51. The Kier molecular flexibility index (Phi) is 5.71. The maximum absolute atomic E-state index is 11.1. The molecule has 0 aromatic heterocycles. The third-order valence-corrected chi connectivity index (χ3v) is 1.51. The van der Waals surface area contributed by atoms with E-state index in [2.05, 4.69) is 31.4 Å². The Hall–Kier alpha value is -0.570. The van der Waals surface area contributed by atoms with Gasteiger partial charge in [0.05, 0.1) is 6.54 Å². The monoisotopic (exact) mass is 186 g/mol. The molecular formula is C10H22N2O. The second kappa shape index (κ2) is 5.97. The van der Waals surface area contributed by atoms with Gasteiger partial charge < -0.3 is 10.6 Å². The molecule has 0 aliphatic carbocycles. The van der Waals surface area contributed by atoms with E-state index in [1.807, 2.05) is 6.92 Å². The molecule has 0 saturated heterocycles. The standard InChI is InChI=1S/C10H22N2O/c1-5-6-12-9(13)7-11-8-10(2,3)4/h11H,5-8H2,1-4H3,(H,12,13). The lowest BCUT2D eigenvalue weighted by molar-refractivity contribution is -0.120. The van der Waals surface area contributed by atoms with Crippen LogP contribution in [0, 0.1) is 5.41 Å². The van der Waals surface area contributed by atoms with Crippen LogP contribution in [0.25, 0.3) is 0 Å². The molecule has 0 aromatic carbocycles. The highest BCUT2D eigenvalue weighted by atomic mass is 16.1. The fourth-order valence-corrected chi connectivity index (χ4v) is 0.878. The molecule has 0 aliphatic rings. The molecular weight excluding hydrogens is 164 g/mol. The van der Waals surface area contributed by atoms with Crippen molar-refractivity contribution < 1.29 is 4.79 Å². The van der Waals surface area contributed by atoms with Gasteiger partial charge in [-0.1, -0.05) is 27.7 Å². The molecule has 0 fully saturated rings. The lowest BCUT2D eigenvalue weighted by Gasteiger charge is -2.18. The molecule has 13 heavy (non-hydrogen) atoms. The van der Waals surface area contributed by atoms with Gasteiger partial charge in [0.15, 0.2) is 0 Å². The highest BCUT2D eigenvalue weighted by Crippen LogP contribution is 2.09. The van der Waals surface area contributed by atoms with E-state index >= 15 is 0 Å². The van der Waals surface area contributed by atoms with Crippen molar-refractivity contribution in [1.82, 2.24) is 10.6 Å². The molecule has 0 saturated carbocycles. The molecule has 78 valence electrons. The lowest BCUT2D eigenvalue weighted by atomic mass is 9.97. The zero-order valence-corrected chi connectivity index (χ0v) is 9.24. The Balaban J connectivity index is 3.37. The average Bonchev–Trinajstić information content (AvgIpc) is 1.98. The summed E-state index contributed by atoms with van der Waals surface area (Å²) in [5.74, 6) is 0.0890. The number of carbonyl (C=O) groups is 1. The smallest absolute Gasteiger partial charge is 0.233 e. The molecule has 0 heterocycles. The SMILES string of the molecule is CCCNC(=O)CNCC(C)(C)C. The van der Waals surface area contributed by atoms with Gasteiger partial charge in [-0.05, 0) is 11.8 Å². The molecule has 0 bridgehead atoms. The predicted molar refractivity (Wildman–Crippen MR) is 55.6 cm³/mol. The summed E-state index contributed by atoms with van der Waals surface area (Å²) in [4.78, 5) is 11.1. The molecule has 3 nitrogen and oxygen atoms in total. The number of hydrogen-bond donors (Lipinski definition) is 2. The van der Waals surface area contributed by atoms with Gasteiger partial charge in [0.25, 0.3) is 0 Å². The van der Waals surface area contributed by atoms with Crippen LogP contribution >= 0.6 is 0 Å². The van der Waals surface area contributed by atoms with Gasteiger partial charge in [-0.15, -0.1) is 0 Å². The fourth-order valence-electron chi connectivity index (χ4n) is 0.878. The normalized spacial score (nSPS) is 11.4. The largest absolute Gasteiger partial charge is 0.355 e. The van der Waals surface area contributed by atoms with Gasteiger partial charge in [-0.25, -0.2) is 0 Å². The van der Waals surface area contributed by atoms with E-state index < -0.39 is 0 Å². The number of rotatable bonds is 5. The summed E-state index contributed by atoms with van der Waals surface area (Å²) in [6.45, 7) is 10.5. The summed E-state index contributed by atoms with van der Waals surface area (Å²) >= 11 is 0. The van der Waals surface area contributed by atoms with Crippen LogP contribution in [0.15, 0.2) is 0 Å². The predicted octanol–water partition coefficient (Wildman–Crippen LogP) is 1.15. The van der Waals surface area contributed by atoms with Crippen molar-refractivity contribution in [2.75, 3.05) is 19.6 Å². The van der Waals surface area contributed by atoms with Crippen LogP contribution in [0.2, 0.25) is 0 Å². The maximum Gasteiger partial charge on any atom is 0.233 e. The first-order valence-corrected chi connectivity index (χ1v) is 4.93. The Labute approximate surface area is 81.3 Å². The van der Waals surface area contributed by atoms with Crippen molar-refractivity contribution in [2.45, 2.75) is 34.1 Å². The molecule has 0 radical (unpaired) electrons. The summed E-state index contributed by atoms with van der Waals surface area (Å²) in [6, 6.07) is 0. The van der Waals surface area contributed by atoms with E-state index in [0.29, 0.717) is 6.54 Å². The summed E-state index contributed by atoms with van der Waals surface area (Å²) in [5, 5.41) is 5.94. The zero-order chi connectivity index (χ0) is 10.3. The van der Waals surface area contributed by atoms with Crippen molar-refractivity contribution in [3.63, 3.8) is 0 Å². The second-order valence-corrected chi connectivity index (χ2v) is 4.51. The summed E-state index contributed by atoms with van der Waals surface area (Å²) in [5.41, 5.74) is 0.241. The molecule has 0 aromatic rings. The minimum atomic E-state index is 0.0890. The van der Waals surface area contributed by atoms with Crippen molar-refractivity contribution in [3.05, 3.63) is 0 Å². The molecule has 1 amide bonds. The van der Waals surface area contributed by atoms with Crippen molar-refractivity contribution in [1.29, 1.82) is 0 Å². The van der Waals surface area contributed by atoms with Crippen LogP contribution in [0.1, 0.15) is 34.1 Å². The quantitative estimate of drug-likeness (QED) is 0.676. The highest BCUT2D eigenvalue weighted by molar-refractivity contribution is 5.77. The topological polar surface area (TPSA) is 41.1 Å². The number of hydrogen-bond acceptors (Lipinski definition) is 2. The van der Waals surface area contributed by atoms with Gasteiger partial charge in [0.2, 0.25) is 5.91 Å². The van der Waals surface area contributed by atoms with E-state index in [1.165, 1.54) is 0 Å². The summed E-state index contributed by atoms with van der Waals surface area (Å²) in [6.07, 6.45) is 0.991. The van der Waals surface area contributed by atoms with Crippen molar-refractivity contribution >= 4 is 5.91 Å². The first-order valence-electron chi connectivity index (χ1n) is 4.93.